The summed E-state index contributed by atoms with van der Waals surface area (Å²) in [4.78, 5) is 37.8. The third kappa shape index (κ3) is 5.34. The second-order valence-corrected chi connectivity index (χ2v) is 6.83. The van der Waals surface area contributed by atoms with Gasteiger partial charge in [-0.1, -0.05) is 12.1 Å². The van der Waals surface area contributed by atoms with E-state index in [1.54, 1.807) is 36.1 Å². The summed E-state index contributed by atoms with van der Waals surface area (Å²) in [7, 11) is 0. The monoisotopic (exact) mass is 414 g/mol. The first-order chi connectivity index (χ1) is 14.5. The lowest BCUT2D eigenvalue weighted by atomic mass is 10.0. The van der Waals surface area contributed by atoms with Gasteiger partial charge in [0.05, 0.1) is 12.2 Å². The Balaban J connectivity index is 1.50. The summed E-state index contributed by atoms with van der Waals surface area (Å²) in [5.74, 6) is -0.843. The SMILES string of the molecule is CCOC(=O)Oc1ccc(C(=O)NC2CCN(C(=O)c3ccccc3F)CC2)cc1. The molecule has 0 bridgehead atoms. The standard InChI is InChI=1S/C22H23FN2O5/c1-2-29-22(28)30-17-9-7-15(8-10-17)20(26)24-16-11-13-25(14-12-16)21(27)18-5-3-4-6-19(18)23/h3-10,16H,2,11-14H2,1H3,(H,24,26). The molecule has 0 aliphatic carbocycles. The van der Waals surface area contributed by atoms with Crippen molar-refractivity contribution in [3.8, 4) is 5.75 Å². The van der Waals surface area contributed by atoms with E-state index in [-0.39, 0.29) is 35.8 Å². The Morgan fingerprint density at radius 2 is 1.73 bits per heavy atom. The molecule has 0 atom stereocenters. The first-order valence-corrected chi connectivity index (χ1v) is 9.77. The predicted molar refractivity (Wildman–Crippen MR) is 107 cm³/mol. The van der Waals surface area contributed by atoms with Gasteiger partial charge in [-0.25, -0.2) is 9.18 Å². The summed E-state index contributed by atoms with van der Waals surface area (Å²) in [6.45, 7) is 2.76. The lowest BCUT2D eigenvalue weighted by molar-refractivity contribution is 0.0693. The van der Waals surface area contributed by atoms with Crippen molar-refractivity contribution in [2.24, 2.45) is 0 Å². The summed E-state index contributed by atoms with van der Waals surface area (Å²) < 4.78 is 23.5. The zero-order valence-electron chi connectivity index (χ0n) is 16.6. The van der Waals surface area contributed by atoms with Crippen LogP contribution in [-0.4, -0.2) is 48.6 Å². The molecule has 8 heteroatoms. The van der Waals surface area contributed by atoms with E-state index in [0.29, 0.717) is 31.5 Å². The molecular formula is C22H23FN2O5. The van der Waals surface area contributed by atoms with Crippen LogP contribution in [0.3, 0.4) is 0 Å². The van der Waals surface area contributed by atoms with Crippen molar-refractivity contribution in [2.45, 2.75) is 25.8 Å². The van der Waals surface area contributed by atoms with Crippen LogP contribution >= 0.6 is 0 Å². The highest BCUT2D eigenvalue weighted by Gasteiger charge is 2.26. The smallest absolute Gasteiger partial charge is 0.434 e. The molecule has 0 radical (unpaired) electrons. The molecule has 1 heterocycles. The fourth-order valence-corrected chi connectivity index (χ4v) is 3.22. The maximum atomic E-state index is 13.8. The number of ether oxygens (including phenoxy) is 2. The summed E-state index contributed by atoms with van der Waals surface area (Å²) in [5, 5.41) is 2.94. The van der Waals surface area contributed by atoms with E-state index in [9.17, 15) is 18.8 Å². The molecule has 3 rings (SSSR count). The molecule has 1 aliphatic rings. The Hall–Kier alpha value is -3.42. The number of piperidine rings is 1. The normalized spacial score (nSPS) is 14.1. The molecule has 0 spiro atoms. The van der Waals surface area contributed by atoms with Gasteiger partial charge in [-0.05, 0) is 56.2 Å². The number of carbonyl (C=O) groups is 3. The second-order valence-electron chi connectivity index (χ2n) is 6.83. The molecule has 7 nitrogen and oxygen atoms in total. The fourth-order valence-electron chi connectivity index (χ4n) is 3.22. The van der Waals surface area contributed by atoms with Gasteiger partial charge in [-0.2, -0.15) is 0 Å². The zero-order valence-corrected chi connectivity index (χ0v) is 16.6. The molecule has 1 aliphatic heterocycles. The highest BCUT2D eigenvalue weighted by atomic mass is 19.1. The average molecular weight is 414 g/mol. The molecule has 2 aromatic carbocycles. The first kappa shape index (κ1) is 21.3. The third-order valence-corrected chi connectivity index (χ3v) is 4.80. The van der Waals surface area contributed by atoms with Crippen LogP contribution in [0, 0.1) is 5.82 Å². The molecule has 1 N–H and O–H groups in total. The Morgan fingerprint density at radius 3 is 2.37 bits per heavy atom. The molecule has 158 valence electrons. The molecule has 0 saturated carbocycles. The minimum absolute atomic E-state index is 0.0603. The number of benzene rings is 2. The van der Waals surface area contributed by atoms with Crippen molar-refractivity contribution in [3.63, 3.8) is 0 Å². The van der Waals surface area contributed by atoms with E-state index in [2.05, 4.69) is 5.32 Å². The van der Waals surface area contributed by atoms with E-state index in [0.717, 1.165) is 0 Å². The first-order valence-electron chi connectivity index (χ1n) is 9.77. The lowest BCUT2D eigenvalue weighted by Crippen LogP contribution is -2.46. The Labute approximate surface area is 173 Å². The molecule has 1 saturated heterocycles. The Kier molecular flexibility index (Phi) is 7.00. The number of rotatable bonds is 5. The molecule has 0 unspecified atom stereocenters. The summed E-state index contributed by atoms with van der Waals surface area (Å²) in [6, 6.07) is 12.0. The number of nitrogens with zero attached hydrogens (tertiary/aromatic N) is 1. The molecule has 0 aromatic heterocycles. The van der Waals surface area contributed by atoms with Gasteiger partial charge in [0.2, 0.25) is 0 Å². The molecule has 1 fully saturated rings. The zero-order chi connectivity index (χ0) is 21.5. The fraction of sp³-hybridized carbons (Fsp3) is 0.318. The van der Waals surface area contributed by atoms with E-state index in [4.69, 9.17) is 9.47 Å². The van der Waals surface area contributed by atoms with Crippen LogP contribution in [0.4, 0.5) is 9.18 Å². The number of hydrogen-bond acceptors (Lipinski definition) is 5. The number of halogens is 1. The summed E-state index contributed by atoms with van der Waals surface area (Å²) in [6.07, 6.45) is 0.359. The van der Waals surface area contributed by atoms with E-state index in [1.165, 1.54) is 24.3 Å². The van der Waals surface area contributed by atoms with Crippen molar-refractivity contribution in [2.75, 3.05) is 19.7 Å². The second kappa shape index (κ2) is 9.87. The minimum atomic E-state index is -0.800. The van der Waals surface area contributed by atoms with Crippen molar-refractivity contribution in [1.82, 2.24) is 10.2 Å². The van der Waals surface area contributed by atoms with Crippen molar-refractivity contribution in [3.05, 3.63) is 65.5 Å². The van der Waals surface area contributed by atoms with E-state index >= 15 is 0 Å². The quantitative estimate of drug-likeness (QED) is 0.599. The number of likely N-dealkylation sites (tertiary alicyclic amines) is 1. The molecular weight excluding hydrogens is 391 g/mol. The highest BCUT2D eigenvalue weighted by molar-refractivity contribution is 5.95. The van der Waals surface area contributed by atoms with Crippen LogP contribution in [0.2, 0.25) is 0 Å². The minimum Gasteiger partial charge on any atom is -0.434 e. The van der Waals surface area contributed by atoms with Crippen LogP contribution in [-0.2, 0) is 4.74 Å². The predicted octanol–water partition coefficient (Wildman–Crippen LogP) is 3.40. The van der Waals surface area contributed by atoms with Crippen LogP contribution in [0.15, 0.2) is 48.5 Å². The Morgan fingerprint density at radius 1 is 1.07 bits per heavy atom. The van der Waals surface area contributed by atoms with Crippen LogP contribution < -0.4 is 10.1 Å². The van der Waals surface area contributed by atoms with Crippen LogP contribution in [0.25, 0.3) is 0 Å². The number of nitrogens with one attached hydrogen (secondary N) is 1. The van der Waals surface area contributed by atoms with Gasteiger partial charge in [-0.15, -0.1) is 0 Å². The highest BCUT2D eigenvalue weighted by Crippen LogP contribution is 2.17. The van der Waals surface area contributed by atoms with Crippen LogP contribution in [0.1, 0.15) is 40.5 Å². The van der Waals surface area contributed by atoms with E-state index < -0.39 is 12.0 Å². The van der Waals surface area contributed by atoms with Gasteiger partial charge in [0.15, 0.2) is 0 Å². The van der Waals surface area contributed by atoms with Crippen molar-refractivity contribution >= 4 is 18.0 Å². The maximum Gasteiger partial charge on any atom is 0.513 e. The van der Waals surface area contributed by atoms with Gasteiger partial charge in [0.1, 0.15) is 11.6 Å². The van der Waals surface area contributed by atoms with Gasteiger partial charge in [0, 0.05) is 24.7 Å². The largest absolute Gasteiger partial charge is 0.513 e. The molecule has 2 amide bonds. The molecule has 30 heavy (non-hydrogen) atoms. The lowest BCUT2D eigenvalue weighted by Gasteiger charge is -2.32. The van der Waals surface area contributed by atoms with Gasteiger partial charge >= 0.3 is 6.16 Å². The van der Waals surface area contributed by atoms with Gasteiger partial charge in [0.25, 0.3) is 11.8 Å². The maximum absolute atomic E-state index is 13.8. The third-order valence-electron chi connectivity index (χ3n) is 4.80. The van der Waals surface area contributed by atoms with Crippen LogP contribution in [0.5, 0.6) is 5.75 Å². The molecule has 2 aromatic rings. The summed E-state index contributed by atoms with van der Waals surface area (Å²) >= 11 is 0. The summed E-state index contributed by atoms with van der Waals surface area (Å²) in [5.41, 5.74) is 0.487. The van der Waals surface area contributed by atoms with Crippen molar-refractivity contribution < 1.29 is 28.2 Å². The Bertz CT molecular complexity index is 908. The number of amides is 2. The van der Waals surface area contributed by atoms with Gasteiger partial charge < -0.3 is 19.7 Å². The number of hydrogen-bond donors (Lipinski definition) is 1. The van der Waals surface area contributed by atoms with E-state index in [1.807, 2.05) is 0 Å². The van der Waals surface area contributed by atoms with Crippen molar-refractivity contribution in [1.29, 1.82) is 0 Å². The van der Waals surface area contributed by atoms with Gasteiger partial charge in [-0.3, -0.25) is 9.59 Å². The average Bonchev–Trinajstić information content (AvgIpc) is 2.75. The topological polar surface area (TPSA) is 84.9 Å². The number of carbonyl (C=O) groups excluding carboxylic acids is 3.